The van der Waals surface area contributed by atoms with Crippen molar-refractivity contribution in [2.75, 3.05) is 36.5 Å². The van der Waals surface area contributed by atoms with Crippen LogP contribution in [0.3, 0.4) is 0 Å². The summed E-state index contributed by atoms with van der Waals surface area (Å²) in [6, 6.07) is 27.1. The molecule has 1 radical (unpaired) electrons. The Balaban J connectivity index is 1.38. The van der Waals surface area contributed by atoms with Crippen molar-refractivity contribution >= 4 is 28.9 Å². The number of hydrogen-bond donors (Lipinski definition) is 1. The van der Waals surface area contributed by atoms with Crippen LogP contribution < -0.4 is 10.2 Å². The maximum Gasteiger partial charge on any atom is 0.227 e. The zero-order valence-electron chi connectivity index (χ0n) is 17.5. The predicted molar refractivity (Wildman–Crippen MR) is 130 cm³/mol. The number of ether oxygens (including phenoxy) is 1. The standard InChI is InChI=1S/C26H22ClN4O/c27-20-7-5-19(6-8-20)23-3-1-2-4-24(23)25-13-14-28-26(30-25)29-21-9-11-22(12-10-21)31-15-17-32-18-16-31/h2-14H,15-18H2,(H,28,29,30). The molecule has 0 spiro atoms. The van der Waals surface area contributed by atoms with Crippen LogP contribution in [0.1, 0.15) is 0 Å². The lowest BCUT2D eigenvalue weighted by atomic mass is 9.97. The molecule has 0 atom stereocenters. The van der Waals surface area contributed by atoms with Gasteiger partial charge in [0, 0.05) is 41.2 Å². The number of hydrogen-bond acceptors (Lipinski definition) is 5. The molecular weight excluding hydrogens is 420 g/mol. The normalized spacial score (nSPS) is 13.7. The lowest BCUT2D eigenvalue weighted by Crippen LogP contribution is -2.36. The number of anilines is 3. The molecule has 0 amide bonds. The smallest absolute Gasteiger partial charge is 0.227 e. The molecule has 1 aliphatic rings. The van der Waals surface area contributed by atoms with E-state index in [0.717, 1.165) is 54.4 Å². The van der Waals surface area contributed by atoms with Crippen molar-refractivity contribution in [2.45, 2.75) is 0 Å². The van der Waals surface area contributed by atoms with Gasteiger partial charge in [-0.25, -0.2) is 9.97 Å². The number of nitrogens with one attached hydrogen (secondary N) is 1. The van der Waals surface area contributed by atoms with Crippen LogP contribution in [0.15, 0.2) is 79.0 Å². The highest BCUT2D eigenvalue weighted by molar-refractivity contribution is 6.30. The number of rotatable bonds is 5. The Hall–Kier alpha value is -3.41. The summed E-state index contributed by atoms with van der Waals surface area (Å²) >= 11 is 6.06. The van der Waals surface area contributed by atoms with Crippen LogP contribution >= 0.6 is 11.6 Å². The molecule has 5 nitrogen and oxygen atoms in total. The van der Waals surface area contributed by atoms with Crippen LogP contribution in [0, 0.1) is 6.07 Å². The Bertz CT molecular complexity index is 1190. The van der Waals surface area contributed by atoms with E-state index in [9.17, 15) is 0 Å². The quantitative estimate of drug-likeness (QED) is 0.421. The molecular formula is C26H22ClN4O. The topological polar surface area (TPSA) is 50.3 Å². The Morgan fingerprint density at radius 1 is 0.906 bits per heavy atom. The molecule has 1 aliphatic heterocycles. The predicted octanol–water partition coefficient (Wildman–Crippen LogP) is 5.84. The van der Waals surface area contributed by atoms with Crippen LogP contribution in [-0.2, 0) is 4.74 Å². The Kier molecular flexibility index (Phi) is 6.01. The molecule has 32 heavy (non-hydrogen) atoms. The summed E-state index contributed by atoms with van der Waals surface area (Å²) in [6.07, 6.45) is 1.77. The van der Waals surface area contributed by atoms with E-state index in [1.165, 1.54) is 5.69 Å². The number of nitrogens with zero attached hydrogens (tertiary/aromatic N) is 3. The van der Waals surface area contributed by atoms with Gasteiger partial charge in [0.25, 0.3) is 0 Å². The third-order valence-corrected chi connectivity index (χ3v) is 5.70. The molecule has 0 bridgehead atoms. The number of morpholine rings is 1. The Morgan fingerprint density at radius 3 is 2.47 bits per heavy atom. The molecule has 159 valence electrons. The zero-order chi connectivity index (χ0) is 21.8. The van der Waals surface area contributed by atoms with E-state index >= 15 is 0 Å². The molecule has 2 heterocycles. The molecule has 0 aliphatic carbocycles. The second-order valence-electron chi connectivity index (χ2n) is 7.52. The molecule has 0 saturated carbocycles. The van der Waals surface area contributed by atoms with Crippen molar-refractivity contribution < 1.29 is 4.74 Å². The summed E-state index contributed by atoms with van der Waals surface area (Å²) in [5.41, 5.74) is 6.10. The van der Waals surface area contributed by atoms with Gasteiger partial charge < -0.3 is 15.0 Å². The molecule has 6 heteroatoms. The molecule has 5 rings (SSSR count). The summed E-state index contributed by atoms with van der Waals surface area (Å²) in [6.45, 7) is 3.39. The first kappa shape index (κ1) is 20.5. The monoisotopic (exact) mass is 441 g/mol. The van der Waals surface area contributed by atoms with Gasteiger partial charge in [-0.1, -0.05) is 35.9 Å². The third kappa shape index (κ3) is 4.59. The van der Waals surface area contributed by atoms with Gasteiger partial charge in [-0.15, -0.1) is 0 Å². The van der Waals surface area contributed by atoms with E-state index in [1.54, 1.807) is 6.20 Å². The first-order valence-corrected chi connectivity index (χ1v) is 10.9. The van der Waals surface area contributed by atoms with Crippen molar-refractivity contribution in [2.24, 2.45) is 0 Å². The SMILES string of the molecule is Clc1ccc(-c2c[c]ccc2-c2ccnc(Nc3ccc(N4CCOCC4)cc3)n2)cc1. The van der Waals surface area contributed by atoms with Crippen LogP contribution in [0.4, 0.5) is 17.3 Å². The van der Waals surface area contributed by atoms with Crippen molar-refractivity contribution in [3.8, 4) is 22.4 Å². The van der Waals surface area contributed by atoms with Gasteiger partial charge in [0.05, 0.1) is 18.9 Å². The maximum atomic E-state index is 6.06. The van der Waals surface area contributed by atoms with E-state index in [2.05, 4.69) is 45.5 Å². The minimum absolute atomic E-state index is 0.552. The van der Waals surface area contributed by atoms with Crippen LogP contribution in [0.2, 0.25) is 5.02 Å². The van der Waals surface area contributed by atoms with Gasteiger partial charge in [-0.05, 0) is 65.7 Å². The van der Waals surface area contributed by atoms with E-state index < -0.39 is 0 Å². The number of halogens is 1. The highest BCUT2D eigenvalue weighted by Gasteiger charge is 2.12. The van der Waals surface area contributed by atoms with Crippen LogP contribution in [-0.4, -0.2) is 36.3 Å². The molecule has 1 aromatic heterocycles. The van der Waals surface area contributed by atoms with Crippen molar-refractivity contribution in [3.63, 3.8) is 0 Å². The first-order chi connectivity index (χ1) is 15.8. The lowest BCUT2D eigenvalue weighted by molar-refractivity contribution is 0.122. The van der Waals surface area contributed by atoms with Crippen LogP contribution in [0.5, 0.6) is 0 Å². The van der Waals surface area contributed by atoms with Crippen molar-refractivity contribution in [1.29, 1.82) is 0 Å². The molecule has 1 saturated heterocycles. The average molecular weight is 442 g/mol. The fourth-order valence-electron chi connectivity index (χ4n) is 3.80. The Morgan fingerprint density at radius 2 is 1.69 bits per heavy atom. The second kappa shape index (κ2) is 9.39. The largest absolute Gasteiger partial charge is 0.378 e. The highest BCUT2D eigenvalue weighted by Crippen LogP contribution is 2.32. The van der Waals surface area contributed by atoms with Crippen molar-refractivity contribution in [1.82, 2.24) is 9.97 Å². The number of benzene rings is 3. The number of aromatic nitrogens is 2. The van der Waals surface area contributed by atoms with E-state index in [1.807, 2.05) is 48.5 Å². The average Bonchev–Trinajstić information content (AvgIpc) is 2.86. The van der Waals surface area contributed by atoms with E-state index in [4.69, 9.17) is 21.3 Å². The van der Waals surface area contributed by atoms with Gasteiger partial charge in [0.1, 0.15) is 0 Å². The molecule has 3 aromatic carbocycles. The van der Waals surface area contributed by atoms with Gasteiger partial charge in [-0.3, -0.25) is 0 Å². The summed E-state index contributed by atoms with van der Waals surface area (Å²) in [4.78, 5) is 11.5. The fourth-order valence-corrected chi connectivity index (χ4v) is 3.92. The Labute approximate surface area is 192 Å². The zero-order valence-corrected chi connectivity index (χ0v) is 18.2. The lowest BCUT2D eigenvalue weighted by Gasteiger charge is -2.28. The van der Waals surface area contributed by atoms with E-state index in [0.29, 0.717) is 11.0 Å². The molecule has 4 aromatic rings. The van der Waals surface area contributed by atoms with Gasteiger partial charge in [0.2, 0.25) is 5.95 Å². The third-order valence-electron chi connectivity index (χ3n) is 5.45. The summed E-state index contributed by atoms with van der Waals surface area (Å²) in [5.74, 6) is 0.552. The van der Waals surface area contributed by atoms with E-state index in [-0.39, 0.29) is 0 Å². The minimum atomic E-state index is 0.552. The molecule has 1 N–H and O–H groups in total. The maximum absolute atomic E-state index is 6.06. The summed E-state index contributed by atoms with van der Waals surface area (Å²) in [5, 5.41) is 4.03. The summed E-state index contributed by atoms with van der Waals surface area (Å²) < 4.78 is 5.44. The second-order valence-corrected chi connectivity index (χ2v) is 7.95. The van der Waals surface area contributed by atoms with Crippen molar-refractivity contribution in [3.05, 3.63) is 90.1 Å². The van der Waals surface area contributed by atoms with Crippen LogP contribution in [0.25, 0.3) is 22.4 Å². The first-order valence-electron chi connectivity index (χ1n) is 10.6. The molecule has 1 fully saturated rings. The van der Waals surface area contributed by atoms with Gasteiger partial charge in [-0.2, -0.15) is 0 Å². The van der Waals surface area contributed by atoms with Gasteiger partial charge >= 0.3 is 0 Å². The fraction of sp³-hybridized carbons (Fsp3) is 0.154. The summed E-state index contributed by atoms with van der Waals surface area (Å²) in [7, 11) is 0. The minimum Gasteiger partial charge on any atom is -0.378 e. The molecule has 0 unspecified atom stereocenters. The van der Waals surface area contributed by atoms with Gasteiger partial charge in [0.15, 0.2) is 0 Å². The highest BCUT2D eigenvalue weighted by atomic mass is 35.5.